The van der Waals surface area contributed by atoms with E-state index in [1.807, 2.05) is 32.2 Å². The zero-order valence-electron chi connectivity index (χ0n) is 27.3. The van der Waals surface area contributed by atoms with Gasteiger partial charge in [0.15, 0.2) is 0 Å². The largest absolute Gasteiger partial charge is 0.495 e. The number of methoxy groups -OCH3 is 1. The highest BCUT2D eigenvalue weighted by molar-refractivity contribution is 7.10. The highest BCUT2D eigenvalue weighted by atomic mass is 35.5. The van der Waals surface area contributed by atoms with Gasteiger partial charge < -0.3 is 30.2 Å². The van der Waals surface area contributed by atoms with Crippen LogP contribution >= 0.6 is 22.9 Å². The summed E-state index contributed by atoms with van der Waals surface area (Å²) in [6.07, 6.45) is -0.195. The van der Waals surface area contributed by atoms with Crippen molar-refractivity contribution in [2.45, 2.75) is 77.7 Å². The van der Waals surface area contributed by atoms with Gasteiger partial charge in [0.05, 0.1) is 29.9 Å². The molecular weight excluding hydrogens is 642 g/mol. The van der Waals surface area contributed by atoms with Gasteiger partial charge in [-0.25, -0.2) is 14.8 Å². The zero-order chi connectivity index (χ0) is 33.5. The number of ether oxygens (including phenoxy) is 3. The standard InChI is InChI=1S/C34H40ClN5O6S/c1-14(2)31-38-19(13-47-31)18-11-22(16-7-8-21(44-6)27(35)28(16)37-18)45-15-9-20(30(36)41)40(12-15)32(42)29(34(3,4)5)39-33(43)46-23-10-17-24-25(17)26(23)24/h7-8,11,13-15,17,20,23-26,29H,9-10,12H2,1-6H3,(H2,36,41)(H,39,43)/t15-,17?,20+,23+,24+,25?,26?,29-/m1/s1. The maximum Gasteiger partial charge on any atom is 0.408 e. The summed E-state index contributed by atoms with van der Waals surface area (Å²) in [6, 6.07) is 3.49. The van der Waals surface area contributed by atoms with Gasteiger partial charge >= 0.3 is 6.09 Å². The molecule has 8 atom stereocenters. The number of carbonyl (C=O) groups excluding carboxylic acids is 3. The third kappa shape index (κ3) is 5.67. The first-order valence-electron chi connectivity index (χ1n) is 16.1. The van der Waals surface area contributed by atoms with Crippen molar-refractivity contribution in [1.82, 2.24) is 20.2 Å². The Morgan fingerprint density at radius 3 is 2.43 bits per heavy atom. The van der Waals surface area contributed by atoms with Crippen LogP contribution in [0.25, 0.3) is 22.3 Å². The van der Waals surface area contributed by atoms with Crippen molar-refractivity contribution >= 4 is 51.7 Å². The SMILES string of the molecule is COc1ccc2c(O[C@@H]3C[C@@H](C(N)=O)N(C(=O)[C@@H](NC(=O)O[C@H]4CC5C6C4[C@@H]56)C(C)(C)C)C3)cc(-c3csc(C(C)C)n3)nc2c1Cl. The predicted octanol–water partition coefficient (Wildman–Crippen LogP) is 5.38. The Balaban J connectivity index is 1.15. The molecule has 3 N–H and O–H groups in total. The van der Waals surface area contributed by atoms with Crippen molar-refractivity contribution in [3.8, 4) is 22.9 Å². The van der Waals surface area contributed by atoms with Gasteiger partial charge in [-0.1, -0.05) is 46.2 Å². The minimum atomic E-state index is -0.946. The fourth-order valence-electron chi connectivity index (χ4n) is 7.55. The summed E-state index contributed by atoms with van der Waals surface area (Å²) in [6.45, 7) is 9.83. The molecule has 3 amide bonds. The number of fused-ring (bicyclic) bond motifs is 2. The minimum Gasteiger partial charge on any atom is -0.495 e. The summed E-state index contributed by atoms with van der Waals surface area (Å²) in [7, 11) is 1.54. The Kier molecular flexibility index (Phi) is 7.82. The fourth-order valence-corrected chi connectivity index (χ4v) is 8.66. The molecule has 250 valence electrons. The van der Waals surface area contributed by atoms with Gasteiger partial charge in [-0.15, -0.1) is 11.3 Å². The average molecular weight is 682 g/mol. The summed E-state index contributed by atoms with van der Waals surface area (Å²) >= 11 is 8.29. The van der Waals surface area contributed by atoms with Crippen LogP contribution in [-0.4, -0.2) is 70.7 Å². The van der Waals surface area contributed by atoms with E-state index >= 15 is 0 Å². The molecule has 47 heavy (non-hydrogen) atoms. The molecule has 1 aromatic carbocycles. The Morgan fingerprint density at radius 2 is 1.83 bits per heavy atom. The lowest BCUT2D eigenvalue weighted by atomic mass is 9.85. The van der Waals surface area contributed by atoms with Gasteiger partial charge in [-0.05, 0) is 41.7 Å². The molecule has 5 aliphatic rings. The highest BCUT2D eigenvalue weighted by Crippen LogP contribution is 2.82. The normalized spacial score (nSPS) is 27.8. The number of nitrogens with zero attached hydrogens (tertiary/aromatic N) is 3. The molecule has 1 saturated heterocycles. The van der Waals surface area contributed by atoms with Crippen LogP contribution in [0.5, 0.6) is 11.5 Å². The number of halogens is 1. The van der Waals surface area contributed by atoms with Crippen LogP contribution in [0.1, 0.15) is 58.4 Å². The molecule has 3 aromatic rings. The van der Waals surface area contributed by atoms with E-state index in [0.29, 0.717) is 50.6 Å². The summed E-state index contributed by atoms with van der Waals surface area (Å²) in [5.74, 6) is 2.79. The van der Waals surface area contributed by atoms with Crippen LogP contribution < -0.4 is 20.5 Å². The molecule has 3 heterocycles. The van der Waals surface area contributed by atoms with Crippen LogP contribution in [0.15, 0.2) is 23.6 Å². The number of likely N-dealkylation sites (tertiary alicyclic amines) is 1. The molecule has 1 aliphatic heterocycles. The van der Waals surface area contributed by atoms with Crippen molar-refractivity contribution in [3.63, 3.8) is 0 Å². The topological polar surface area (TPSA) is 146 Å². The summed E-state index contributed by atoms with van der Waals surface area (Å²) in [5, 5.41) is 6.72. The van der Waals surface area contributed by atoms with Gasteiger partial charge in [0.25, 0.3) is 0 Å². The number of benzene rings is 1. The molecule has 0 radical (unpaired) electrons. The number of aromatic nitrogens is 2. The molecule has 11 nitrogen and oxygen atoms in total. The van der Waals surface area contributed by atoms with Crippen LogP contribution in [0.4, 0.5) is 4.79 Å². The molecule has 2 bridgehead atoms. The summed E-state index contributed by atoms with van der Waals surface area (Å²) < 4.78 is 17.8. The van der Waals surface area contributed by atoms with Gasteiger partial charge in [0.1, 0.15) is 46.5 Å². The lowest BCUT2D eigenvalue weighted by Gasteiger charge is -2.35. The number of nitrogens with two attached hydrogens (primary N) is 1. The number of hydrogen-bond donors (Lipinski definition) is 2. The molecule has 8 rings (SSSR count). The van der Waals surface area contributed by atoms with E-state index in [9.17, 15) is 14.4 Å². The number of alkyl carbamates (subject to hydrolysis) is 1. The van der Waals surface area contributed by atoms with Crippen LogP contribution in [0.3, 0.4) is 0 Å². The lowest BCUT2D eigenvalue weighted by molar-refractivity contribution is -0.141. The quantitative estimate of drug-likeness (QED) is 0.306. The number of thiazole rings is 1. The van der Waals surface area contributed by atoms with Crippen molar-refractivity contribution < 1.29 is 28.6 Å². The van der Waals surface area contributed by atoms with Crippen LogP contribution in [0, 0.1) is 29.1 Å². The van der Waals surface area contributed by atoms with Crippen LogP contribution in [0.2, 0.25) is 5.02 Å². The van der Waals surface area contributed by atoms with Gasteiger partial charge in [-0.2, -0.15) is 0 Å². The second kappa shape index (κ2) is 11.5. The summed E-state index contributed by atoms with van der Waals surface area (Å²) in [4.78, 5) is 50.9. The first-order chi connectivity index (χ1) is 22.3. The van der Waals surface area contributed by atoms with E-state index in [2.05, 4.69) is 19.2 Å². The smallest absolute Gasteiger partial charge is 0.408 e. The maximum atomic E-state index is 14.1. The van der Waals surface area contributed by atoms with Crippen molar-refractivity contribution in [3.05, 3.63) is 33.6 Å². The lowest BCUT2D eigenvalue weighted by Crippen LogP contribution is -2.57. The first-order valence-corrected chi connectivity index (χ1v) is 17.4. The number of hydrogen-bond acceptors (Lipinski definition) is 9. The van der Waals surface area contributed by atoms with E-state index in [1.165, 1.54) is 12.0 Å². The number of rotatable bonds is 9. The highest BCUT2D eigenvalue weighted by Gasteiger charge is 2.81. The predicted molar refractivity (Wildman–Crippen MR) is 177 cm³/mol. The first kappa shape index (κ1) is 31.9. The second-order valence-corrected chi connectivity index (χ2v) is 15.9. The minimum absolute atomic E-state index is 0.0801. The molecule has 4 aliphatic carbocycles. The van der Waals surface area contributed by atoms with E-state index in [-0.39, 0.29) is 25.0 Å². The van der Waals surface area contributed by atoms with E-state index < -0.39 is 41.5 Å². The van der Waals surface area contributed by atoms with Gasteiger partial charge in [-0.3, -0.25) is 9.59 Å². The number of primary amides is 1. The third-order valence-corrected chi connectivity index (χ3v) is 11.6. The number of carbonyl (C=O) groups is 3. The maximum absolute atomic E-state index is 14.1. The van der Waals surface area contributed by atoms with Gasteiger partial charge in [0, 0.05) is 35.1 Å². The Labute approximate surface area is 282 Å². The molecule has 0 spiro atoms. The Hall–Kier alpha value is -3.64. The van der Waals surface area contributed by atoms with Crippen molar-refractivity contribution in [2.75, 3.05) is 13.7 Å². The second-order valence-electron chi connectivity index (χ2n) is 14.6. The number of nitrogens with one attached hydrogen (secondary N) is 1. The van der Waals surface area contributed by atoms with E-state index in [4.69, 9.17) is 41.5 Å². The Morgan fingerprint density at radius 1 is 1.09 bits per heavy atom. The molecule has 2 aromatic heterocycles. The van der Waals surface area contributed by atoms with E-state index in [0.717, 1.165) is 23.3 Å². The zero-order valence-corrected chi connectivity index (χ0v) is 28.9. The van der Waals surface area contributed by atoms with Gasteiger partial charge in [0.2, 0.25) is 11.8 Å². The Bertz CT molecular complexity index is 1760. The number of pyridine rings is 1. The molecule has 3 unspecified atom stereocenters. The number of amides is 3. The molecule has 4 saturated carbocycles. The van der Waals surface area contributed by atoms with Crippen LogP contribution in [-0.2, 0) is 14.3 Å². The fraction of sp³-hybridized carbons (Fsp3) is 0.559. The monoisotopic (exact) mass is 681 g/mol. The molecule has 5 fully saturated rings. The van der Waals surface area contributed by atoms with E-state index in [1.54, 1.807) is 23.5 Å². The van der Waals surface area contributed by atoms with Crippen molar-refractivity contribution in [1.29, 1.82) is 0 Å². The molecule has 13 heteroatoms. The van der Waals surface area contributed by atoms with Crippen molar-refractivity contribution in [2.24, 2.45) is 34.8 Å². The molecular formula is C34H40ClN5O6S. The third-order valence-electron chi connectivity index (χ3n) is 10.1. The summed E-state index contributed by atoms with van der Waals surface area (Å²) in [5.41, 5.74) is 6.90. The average Bonchev–Trinajstić information content (AvgIpc) is 3.52.